The first-order valence-corrected chi connectivity index (χ1v) is 5.25. The van der Waals surface area contributed by atoms with Gasteiger partial charge in [0.1, 0.15) is 0 Å². The van der Waals surface area contributed by atoms with E-state index in [1.165, 1.54) is 0 Å². The maximum Gasteiger partial charge on any atom is 0.251 e. The summed E-state index contributed by atoms with van der Waals surface area (Å²) in [5.74, 6) is 0. The minimum atomic E-state index is -2.22. The average Bonchev–Trinajstić information content (AvgIpc) is 2.52. The van der Waals surface area contributed by atoms with Crippen molar-refractivity contribution in [3.63, 3.8) is 0 Å². The highest BCUT2D eigenvalue weighted by Gasteiger charge is 2.33. The lowest BCUT2D eigenvalue weighted by molar-refractivity contribution is 0.0778. The highest BCUT2D eigenvalue weighted by Crippen LogP contribution is 2.30. The Hall–Kier alpha value is -0.220. The van der Waals surface area contributed by atoms with Gasteiger partial charge in [-0.05, 0) is 31.8 Å². The molecule has 1 aliphatic rings. The van der Waals surface area contributed by atoms with Gasteiger partial charge in [-0.3, -0.25) is 0 Å². The third kappa shape index (κ3) is 3.17. The molecule has 0 bridgehead atoms. The van der Waals surface area contributed by atoms with Crippen LogP contribution in [0.25, 0.3) is 0 Å². The molecule has 1 fully saturated rings. The molecule has 1 saturated heterocycles. The van der Waals surface area contributed by atoms with E-state index in [0.717, 1.165) is 32.5 Å². The standard InChI is InChI=1S/C10H20F2N2/c1-3-10(4-5-13-7-10)8-14(2)6-9(11)12/h9,13H,3-8H2,1-2H3. The van der Waals surface area contributed by atoms with Gasteiger partial charge in [0, 0.05) is 13.1 Å². The van der Waals surface area contributed by atoms with E-state index in [9.17, 15) is 8.78 Å². The summed E-state index contributed by atoms with van der Waals surface area (Å²) in [6.45, 7) is 4.80. The van der Waals surface area contributed by atoms with Gasteiger partial charge < -0.3 is 10.2 Å². The second-order valence-corrected chi connectivity index (χ2v) is 4.37. The summed E-state index contributed by atoms with van der Waals surface area (Å²) in [4.78, 5) is 1.75. The van der Waals surface area contributed by atoms with E-state index in [1.54, 1.807) is 11.9 Å². The predicted molar refractivity (Wildman–Crippen MR) is 53.7 cm³/mol. The van der Waals surface area contributed by atoms with Crippen LogP contribution in [0.5, 0.6) is 0 Å². The highest BCUT2D eigenvalue weighted by atomic mass is 19.3. The molecule has 4 heteroatoms. The Balaban J connectivity index is 2.39. The maximum absolute atomic E-state index is 12.1. The number of nitrogens with one attached hydrogen (secondary N) is 1. The van der Waals surface area contributed by atoms with E-state index >= 15 is 0 Å². The van der Waals surface area contributed by atoms with E-state index in [2.05, 4.69) is 12.2 Å². The minimum Gasteiger partial charge on any atom is -0.316 e. The first kappa shape index (κ1) is 11.9. The Morgan fingerprint density at radius 2 is 2.21 bits per heavy atom. The van der Waals surface area contributed by atoms with Crippen molar-refractivity contribution >= 4 is 0 Å². The van der Waals surface area contributed by atoms with Crippen LogP contribution >= 0.6 is 0 Å². The predicted octanol–water partition coefficient (Wildman–Crippen LogP) is 1.57. The zero-order chi connectivity index (χ0) is 10.6. The van der Waals surface area contributed by atoms with Gasteiger partial charge in [0.2, 0.25) is 0 Å². The molecule has 2 nitrogen and oxygen atoms in total. The quantitative estimate of drug-likeness (QED) is 0.734. The van der Waals surface area contributed by atoms with Crippen LogP contribution < -0.4 is 5.32 Å². The van der Waals surface area contributed by atoms with Crippen LogP contribution in [0.15, 0.2) is 0 Å². The summed E-state index contributed by atoms with van der Waals surface area (Å²) in [6.07, 6.45) is -0.0479. The Labute approximate surface area is 84.7 Å². The van der Waals surface area contributed by atoms with Gasteiger partial charge in [0.05, 0.1) is 6.54 Å². The fraction of sp³-hybridized carbons (Fsp3) is 1.00. The first-order valence-electron chi connectivity index (χ1n) is 5.25. The zero-order valence-electron chi connectivity index (χ0n) is 9.02. The Morgan fingerprint density at radius 3 is 2.64 bits per heavy atom. The van der Waals surface area contributed by atoms with Crippen molar-refractivity contribution in [1.29, 1.82) is 0 Å². The lowest BCUT2D eigenvalue weighted by Gasteiger charge is -2.31. The summed E-state index contributed by atoms with van der Waals surface area (Å²) in [5.41, 5.74) is 0.226. The van der Waals surface area contributed by atoms with E-state index in [4.69, 9.17) is 0 Å². The molecule has 1 N–H and O–H groups in total. The van der Waals surface area contributed by atoms with E-state index in [0.29, 0.717) is 0 Å². The van der Waals surface area contributed by atoms with Crippen molar-refractivity contribution in [2.45, 2.75) is 26.2 Å². The summed E-state index contributed by atoms with van der Waals surface area (Å²) < 4.78 is 24.3. The van der Waals surface area contributed by atoms with Crippen LogP contribution in [-0.2, 0) is 0 Å². The molecule has 1 heterocycles. The van der Waals surface area contributed by atoms with Crippen LogP contribution in [0.2, 0.25) is 0 Å². The number of nitrogens with zero attached hydrogens (tertiary/aromatic N) is 1. The minimum absolute atomic E-state index is 0.109. The Bertz CT molecular complexity index is 168. The molecular weight excluding hydrogens is 186 g/mol. The molecule has 0 aromatic carbocycles. The lowest BCUT2D eigenvalue weighted by Crippen LogP contribution is -2.38. The van der Waals surface area contributed by atoms with Gasteiger partial charge >= 0.3 is 0 Å². The highest BCUT2D eigenvalue weighted by molar-refractivity contribution is 4.88. The largest absolute Gasteiger partial charge is 0.316 e. The fourth-order valence-corrected chi connectivity index (χ4v) is 2.22. The third-order valence-corrected chi connectivity index (χ3v) is 3.14. The number of hydrogen-bond donors (Lipinski definition) is 1. The van der Waals surface area contributed by atoms with Gasteiger partial charge in [-0.2, -0.15) is 0 Å². The molecule has 0 radical (unpaired) electrons. The van der Waals surface area contributed by atoms with Crippen LogP contribution in [0.4, 0.5) is 8.78 Å². The SMILES string of the molecule is CCC1(CN(C)CC(F)F)CCNC1. The van der Waals surface area contributed by atoms with Crippen molar-refractivity contribution in [3.8, 4) is 0 Å². The molecule has 84 valence electrons. The van der Waals surface area contributed by atoms with Crippen LogP contribution in [0.3, 0.4) is 0 Å². The Kier molecular flexibility index (Phi) is 4.26. The first-order chi connectivity index (χ1) is 6.58. The molecule has 1 atom stereocenters. The number of halogens is 2. The summed E-state index contributed by atoms with van der Waals surface area (Å²) in [6, 6.07) is 0. The normalized spacial score (nSPS) is 27.9. The zero-order valence-corrected chi connectivity index (χ0v) is 9.02. The van der Waals surface area contributed by atoms with Crippen molar-refractivity contribution in [2.24, 2.45) is 5.41 Å². The average molecular weight is 206 g/mol. The molecule has 0 saturated carbocycles. The van der Waals surface area contributed by atoms with E-state index in [-0.39, 0.29) is 12.0 Å². The lowest BCUT2D eigenvalue weighted by atomic mass is 9.84. The molecule has 1 aliphatic heterocycles. The van der Waals surface area contributed by atoms with Crippen molar-refractivity contribution in [1.82, 2.24) is 10.2 Å². The molecule has 0 amide bonds. The monoisotopic (exact) mass is 206 g/mol. The second-order valence-electron chi connectivity index (χ2n) is 4.37. The summed E-state index contributed by atoms with van der Waals surface area (Å²) in [5, 5.41) is 3.31. The summed E-state index contributed by atoms with van der Waals surface area (Å²) >= 11 is 0. The third-order valence-electron chi connectivity index (χ3n) is 3.14. The molecule has 0 aromatic rings. The van der Waals surface area contributed by atoms with Gasteiger partial charge in [-0.1, -0.05) is 6.92 Å². The molecule has 0 spiro atoms. The van der Waals surface area contributed by atoms with Crippen molar-refractivity contribution < 1.29 is 8.78 Å². The summed E-state index contributed by atoms with van der Waals surface area (Å²) in [7, 11) is 1.78. The van der Waals surface area contributed by atoms with Gasteiger partial charge in [0.25, 0.3) is 6.43 Å². The number of rotatable bonds is 5. The second kappa shape index (κ2) is 5.03. The Morgan fingerprint density at radius 1 is 1.50 bits per heavy atom. The van der Waals surface area contributed by atoms with Crippen molar-refractivity contribution in [3.05, 3.63) is 0 Å². The van der Waals surface area contributed by atoms with Crippen molar-refractivity contribution in [2.75, 3.05) is 33.2 Å². The number of alkyl halides is 2. The molecule has 0 aromatic heterocycles. The van der Waals surface area contributed by atoms with Crippen LogP contribution in [0.1, 0.15) is 19.8 Å². The fourth-order valence-electron chi connectivity index (χ4n) is 2.22. The topological polar surface area (TPSA) is 15.3 Å². The van der Waals surface area contributed by atoms with Gasteiger partial charge in [-0.15, -0.1) is 0 Å². The van der Waals surface area contributed by atoms with E-state index in [1.807, 2.05) is 0 Å². The van der Waals surface area contributed by atoms with Gasteiger partial charge in [-0.25, -0.2) is 8.78 Å². The van der Waals surface area contributed by atoms with Gasteiger partial charge in [0.15, 0.2) is 0 Å². The molecular formula is C10H20F2N2. The van der Waals surface area contributed by atoms with Crippen LogP contribution in [0, 0.1) is 5.41 Å². The molecule has 14 heavy (non-hydrogen) atoms. The van der Waals surface area contributed by atoms with E-state index < -0.39 is 6.43 Å². The smallest absolute Gasteiger partial charge is 0.251 e. The molecule has 1 unspecified atom stereocenters. The maximum atomic E-state index is 12.1. The molecule has 1 rings (SSSR count). The van der Waals surface area contributed by atoms with Crippen LogP contribution in [-0.4, -0.2) is 44.6 Å². The number of hydrogen-bond acceptors (Lipinski definition) is 2. The molecule has 0 aliphatic carbocycles.